The summed E-state index contributed by atoms with van der Waals surface area (Å²) in [5.74, 6) is 0.295. The molecule has 1 saturated heterocycles. The van der Waals surface area contributed by atoms with Crippen LogP contribution in [0.3, 0.4) is 0 Å². The van der Waals surface area contributed by atoms with Crippen LogP contribution in [0, 0.1) is 13.8 Å². The Morgan fingerprint density at radius 3 is 2.09 bits per heavy atom. The molecule has 0 aliphatic carbocycles. The molecule has 3 amide bonds. The first kappa shape index (κ1) is 31.9. The molecular formula is C37H37N5O4S. The molecule has 4 aromatic rings. The van der Waals surface area contributed by atoms with Crippen molar-refractivity contribution >= 4 is 39.6 Å². The minimum absolute atomic E-state index is 0.168. The number of anilines is 1. The van der Waals surface area contributed by atoms with Gasteiger partial charge in [0.1, 0.15) is 11.4 Å². The summed E-state index contributed by atoms with van der Waals surface area (Å²) < 4.78 is 28.1. The predicted octanol–water partition coefficient (Wildman–Crippen LogP) is 5.86. The molecule has 0 bridgehead atoms. The number of benzene rings is 4. The van der Waals surface area contributed by atoms with Gasteiger partial charge in [0.2, 0.25) is 10.0 Å². The Bertz CT molecular complexity index is 2010. The minimum atomic E-state index is -3.76. The van der Waals surface area contributed by atoms with Gasteiger partial charge in [-0.1, -0.05) is 72.8 Å². The summed E-state index contributed by atoms with van der Waals surface area (Å²) in [6.07, 6.45) is 2.14. The normalized spacial score (nSPS) is 16.3. The van der Waals surface area contributed by atoms with Gasteiger partial charge >= 0.3 is 6.03 Å². The molecule has 6 rings (SSSR count). The Kier molecular flexibility index (Phi) is 8.57. The molecule has 9 nitrogen and oxygen atoms in total. The maximum absolute atomic E-state index is 13.4. The second kappa shape index (κ2) is 12.6. The predicted molar refractivity (Wildman–Crippen MR) is 187 cm³/mol. The largest absolute Gasteiger partial charge is 0.351 e. The maximum atomic E-state index is 13.4. The number of rotatable bonds is 7. The van der Waals surface area contributed by atoms with Crippen molar-refractivity contribution < 1.29 is 18.0 Å². The minimum Gasteiger partial charge on any atom is -0.351 e. The molecule has 2 aliphatic heterocycles. The van der Waals surface area contributed by atoms with Gasteiger partial charge in [-0.05, 0) is 89.9 Å². The number of sulfonamides is 1. The van der Waals surface area contributed by atoms with Crippen molar-refractivity contribution in [1.82, 2.24) is 9.62 Å². The number of urea groups is 1. The van der Waals surface area contributed by atoms with Crippen molar-refractivity contribution in [3.8, 4) is 22.3 Å². The van der Waals surface area contributed by atoms with Crippen LogP contribution >= 0.6 is 0 Å². The Morgan fingerprint density at radius 1 is 0.872 bits per heavy atom. The first-order valence-corrected chi connectivity index (χ1v) is 17.0. The molecule has 0 aromatic heterocycles. The highest BCUT2D eigenvalue weighted by atomic mass is 32.2. The summed E-state index contributed by atoms with van der Waals surface area (Å²) in [6.45, 7) is 4.05. The number of nitrogens with one attached hydrogen (secondary N) is 1. The van der Waals surface area contributed by atoms with E-state index < -0.39 is 21.6 Å². The van der Waals surface area contributed by atoms with Crippen LogP contribution in [0.1, 0.15) is 35.1 Å². The molecule has 0 saturated carbocycles. The number of amides is 3. The molecule has 47 heavy (non-hydrogen) atoms. The van der Waals surface area contributed by atoms with Gasteiger partial charge in [-0.2, -0.15) is 4.31 Å². The number of aliphatic imine (C=N–C) groups is 1. The van der Waals surface area contributed by atoms with Crippen LogP contribution in [-0.4, -0.2) is 56.2 Å². The fraction of sp³-hybridized carbons (Fsp3) is 0.216. The number of primary amides is 1. The van der Waals surface area contributed by atoms with Crippen LogP contribution in [-0.2, 0) is 14.8 Å². The average Bonchev–Trinajstić information content (AvgIpc) is 3.39. The lowest BCUT2D eigenvalue weighted by molar-refractivity contribution is -0.124. The van der Waals surface area contributed by atoms with Crippen LogP contribution in [0.5, 0.6) is 0 Å². The van der Waals surface area contributed by atoms with E-state index in [1.165, 1.54) is 14.6 Å². The number of piperidine rings is 1. The Labute approximate surface area is 275 Å². The van der Waals surface area contributed by atoms with Gasteiger partial charge in [0.15, 0.2) is 0 Å². The van der Waals surface area contributed by atoms with Crippen LogP contribution in [0.15, 0.2) is 101 Å². The highest BCUT2D eigenvalue weighted by molar-refractivity contribution is 7.92. The van der Waals surface area contributed by atoms with Gasteiger partial charge in [-0.3, -0.25) is 14.7 Å². The van der Waals surface area contributed by atoms with Gasteiger partial charge in [0.05, 0.1) is 0 Å². The van der Waals surface area contributed by atoms with Crippen molar-refractivity contribution in [3.63, 3.8) is 0 Å². The Hall–Kier alpha value is -5.06. The summed E-state index contributed by atoms with van der Waals surface area (Å²) in [5, 5.41) is 4.19. The molecular weight excluding hydrogens is 611 g/mol. The lowest BCUT2D eigenvalue weighted by atomic mass is 9.89. The fourth-order valence-corrected chi connectivity index (χ4v) is 7.49. The molecule has 2 heterocycles. The lowest BCUT2D eigenvalue weighted by Crippen LogP contribution is -2.50. The van der Waals surface area contributed by atoms with Crippen LogP contribution in [0.4, 0.5) is 10.5 Å². The number of carbonyl (C=O) groups excluding carboxylic acids is 2. The Morgan fingerprint density at radius 2 is 1.45 bits per heavy atom. The van der Waals surface area contributed by atoms with Gasteiger partial charge in [-0.15, -0.1) is 0 Å². The summed E-state index contributed by atoms with van der Waals surface area (Å²) >= 11 is 0. The SMILES string of the molecule is Cc1cc(N(C)C(N)=O)cc(C)c1C=CS(=O)(=O)N1CCC2(CC1)N=C(c1cccc(-c3ccccc3-c3ccccc3)c1)NC2=O. The van der Waals surface area contributed by atoms with Gasteiger partial charge in [0.25, 0.3) is 5.91 Å². The van der Waals surface area contributed by atoms with E-state index in [1.54, 1.807) is 25.3 Å². The number of amidine groups is 1. The molecule has 2 aliphatic rings. The van der Waals surface area contributed by atoms with Gasteiger partial charge < -0.3 is 11.1 Å². The molecule has 3 N–H and O–H groups in total. The second-order valence-corrected chi connectivity index (χ2v) is 13.9. The Balaban J connectivity index is 1.19. The van der Waals surface area contributed by atoms with Crippen LogP contribution < -0.4 is 16.0 Å². The number of carbonyl (C=O) groups is 2. The second-order valence-electron chi connectivity index (χ2n) is 12.1. The molecule has 0 atom stereocenters. The number of hydrogen-bond donors (Lipinski definition) is 2. The number of nitrogens with two attached hydrogens (primary N) is 1. The third kappa shape index (κ3) is 6.34. The monoisotopic (exact) mass is 647 g/mol. The molecule has 0 radical (unpaired) electrons. The summed E-state index contributed by atoms with van der Waals surface area (Å²) in [5.41, 5.74) is 12.5. The zero-order valence-corrected chi connectivity index (χ0v) is 27.4. The van der Waals surface area contributed by atoms with Crippen molar-refractivity contribution in [3.05, 3.63) is 119 Å². The van der Waals surface area contributed by atoms with E-state index >= 15 is 0 Å². The van der Waals surface area contributed by atoms with E-state index in [4.69, 9.17) is 10.7 Å². The topological polar surface area (TPSA) is 125 Å². The quantitative estimate of drug-likeness (QED) is 0.261. The number of nitrogens with zero attached hydrogens (tertiary/aromatic N) is 3. The number of hydrogen-bond acceptors (Lipinski definition) is 5. The fourth-order valence-electron chi connectivity index (χ4n) is 6.32. The molecule has 1 spiro atoms. The molecule has 4 aromatic carbocycles. The van der Waals surface area contributed by atoms with E-state index in [-0.39, 0.29) is 31.8 Å². The summed E-state index contributed by atoms with van der Waals surface area (Å²) in [4.78, 5) is 31.2. The van der Waals surface area contributed by atoms with Crippen LogP contribution in [0.25, 0.3) is 28.3 Å². The molecule has 1 fully saturated rings. The third-order valence-electron chi connectivity index (χ3n) is 9.05. The summed E-state index contributed by atoms with van der Waals surface area (Å²) in [6, 6.07) is 29.4. The highest BCUT2D eigenvalue weighted by Crippen LogP contribution is 2.35. The summed E-state index contributed by atoms with van der Waals surface area (Å²) in [7, 11) is -2.18. The molecule has 240 valence electrons. The standard InChI is InChI=1S/C37H37N5O4S/c1-25-22-30(41(3)36(38)44)23-26(2)31(25)16-21-47(45,46)42-19-17-37(18-20-42)35(43)39-34(40-37)29-13-9-12-28(24-29)33-15-8-7-14-32(33)27-10-5-4-6-11-27/h4-16,21-24H,17-20H2,1-3H3,(H2,38,44)(H,39,40,43). The molecule has 0 unspecified atom stereocenters. The van der Waals surface area contributed by atoms with Crippen molar-refractivity contribution in [2.75, 3.05) is 25.0 Å². The van der Waals surface area contributed by atoms with Crippen molar-refractivity contribution in [2.24, 2.45) is 10.7 Å². The highest BCUT2D eigenvalue weighted by Gasteiger charge is 2.47. The first-order chi connectivity index (χ1) is 22.5. The maximum Gasteiger partial charge on any atom is 0.318 e. The third-order valence-corrected chi connectivity index (χ3v) is 10.6. The smallest absolute Gasteiger partial charge is 0.318 e. The zero-order valence-electron chi connectivity index (χ0n) is 26.6. The zero-order chi connectivity index (χ0) is 33.3. The molecule has 10 heteroatoms. The van der Waals surface area contributed by atoms with Gasteiger partial charge in [0, 0.05) is 36.8 Å². The first-order valence-electron chi connectivity index (χ1n) is 15.5. The average molecular weight is 648 g/mol. The van der Waals surface area contributed by atoms with Gasteiger partial charge in [-0.25, -0.2) is 13.2 Å². The van der Waals surface area contributed by atoms with Crippen LogP contribution in [0.2, 0.25) is 0 Å². The van der Waals surface area contributed by atoms with E-state index in [2.05, 4.69) is 29.6 Å². The number of aryl methyl sites for hydroxylation is 2. The lowest BCUT2D eigenvalue weighted by Gasteiger charge is -2.34. The van der Waals surface area contributed by atoms with Crippen molar-refractivity contribution in [2.45, 2.75) is 32.2 Å². The van der Waals surface area contributed by atoms with E-state index in [0.717, 1.165) is 44.5 Å². The van der Waals surface area contributed by atoms with E-state index in [0.29, 0.717) is 11.5 Å². The van der Waals surface area contributed by atoms with E-state index in [1.807, 2.05) is 68.4 Å². The van der Waals surface area contributed by atoms with E-state index in [9.17, 15) is 18.0 Å². The van der Waals surface area contributed by atoms with Crippen molar-refractivity contribution in [1.29, 1.82) is 0 Å².